The summed E-state index contributed by atoms with van der Waals surface area (Å²) in [6.45, 7) is 2.63. The molecule has 4 heteroatoms. The van der Waals surface area contributed by atoms with Gasteiger partial charge in [-0.3, -0.25) is 0 Å². The number of halogens is 2. The Morgan fingerprint density at radius 2 is 1.86 bits per heavy atom. The van der Waals surface area contributed by atoms with Crippen molar-refractivity contribution in [3.8, 4) is 0 Å². The molecule has 1 N–H and O–H groups in total. The van der Waals surface area contributed by atoms with E-state index in [0.717, 1.165) is 18.8 Å². The van der Waals surface area contributed by atoms with Crippen molar-refractivity contribution in [3.63, 3.8) is 0 Å². The third-order valence-corrected chi connectivity index (χ3v) is 4.07. The third-order valence-electron chi connectivity index (χ3n) is 3.84. The topological polar surface area (TPSA) is 15.3 Å². The summed E-state index contributed by atoms with van der Waals surface area (Å²) in [5.74, 6) is -0.270. The maximum absolute atomic E-state index is 13.8. The fraction of sp³-hybridized carbons (Fsp3) is 0.294. The lowest BCUT2D eigenvalue weighted by molar-refractivity contribution is 0.613. The standard InChI is InChI=1S/C17H18ClFN2/c18-14-8-7-13(15(19)11-14)12-20-16-5-1-2-6-17(16)21-9-3-4-10-21/h1-2,5-8,11,20H,3-4,9-10,12H2. The van der Waals surface area contributed by atoms with Crippen LogP contribution in [-0.2, 0) is 6.54 Å². The van der Waals surface area contributed by atoms with Gasteiger partial charge in [0.15, 0.2) is 0 Å². The molecule has 0 atom stereocenters. The molecule has 1 aliphatic heterocycles. The number of nitrogens with zero attached hydrogens (tertiary/aromatic N) is 1. The predicted octanol–water partition coefficient (Wildman–Crippen LogP) is 4.69. The lowest BCUT2D eigenvalue weighted by Gasteiger charge is -2.22. The van der Waals surface area contributed by atoms with Crippen molar-refractivity contribution in [2.45, 2.75) is 19.4 Å². The Labute approximate surface area is 129 Å². The first-order valence-corrected chi connectivity index (χ1v) is 7.63. The Kier molecular flexibility index (Phi) is 4.30. The van der Waals surface area contributed by atoms with E-state index >= 15 is 0 Å². The van der Waals surface area contributed by atoms with Gasteiger partial charge in [-0.1, -0.05) is 29.8 Å². The summed E-state index contributed by atoms with van der Waals surface area (Å²) < 4.78 is 13.8. The largest absolute Gasteiger partial charge is 0.379 e. The van der Waals surface area contributed by atoms with Crippen LogP contribution in [0.3, 0.4) is 0 Å². The van der Waals surface area contributed by atoms with Crippen LogP contribution in [0, 0.1) is 5.82 Å². The summed E-state index contributed by atoms with van der Waals surface area (Å²) in [7, 11) is 0. The molecule has 0 bridgehead atoms. The van der Waals surface area contributed by atoms with E-state index < -0.39 is 0 Å². The van der Waals surface area contributed by atoms with Gasteiger partial charge in [0.25, 0.3) is 0 Å². The summed E-state index contributed by atoms with van der Waals surface area (Å²) in [6.07, 6.45) is 2.47. The van der Waals surface area contributed by atoms with Gasteiger partial charge in [0.2, 0.25) is 0 Å². The average Bonchev–Trinajstić information content (AvgIpc) is 3.01. The van der Waals surface area contributed by atoms with E-state index in [-0.39, 0.29) is 5.82 Å². The molecule has 21 heavy (non-hydrogen) atoms. The van der Waals surface area contributed by atoms with Crippen molar-refractivity contribution in [3.05, 3.63) is 58.9 Å². The van der Waals surface area contributed by atoms with Crippen LogP contribution < -0.4 is 10.2 Å². The Morgan fingerprint density at radius 1 is 1.10 bits per heavy atom. The summed E-state index contributed by atoms with van der Waals surface area (Å²) in [5.41, 5.74) is 2.87. The average molecular weight is 305 g/mol. The molecule has 0 aliphatic carbocycles. The highest BCUT2D eigenvalue weighted by Gasteiger charge is 2.15. The molecule has 0 unspecified atom stereocenters. The molecule has 2 aromatic carbocycles. The van der Waals surface area contributed by atoms with Crippen LogP contribution in [0.2, 0.25) is 5.02 Å². The summed E-state index contributed by atoms with van der Waals surface area (Å²) in [5, 5.41) is 3.77. The number of para-hydroxylation sites is 2. The maximum atomic E-state index is 13.8. The number of rotatable bonds is 4. The van der Waals surface area contributed by atoms with Crippen LogP contribution >= 0.6 is 11.6 Å². The first-order valence-electron chi connectivity index (χ1n) is 7.26. The number of anilines is 2. The molecule has 0 saturated carbocycles. The van der Waals surface area contributed by atoms with E-state index in [1.165, 1.54) is 24.6 Å². The Bertz CT molecular complexity index is 624. The van der Waals surface area contributed by atoms with Gasteiger partial charge in [0, 0.05) is 30.2 Å². The summed E-state index contributed by atoms with van der Waals surface area (Å²) >= 11 is 5.78. The minimum atomic E-state index is -0.270. The summed E-state index contributed by atoms with van der Waals surface area (Å²) in [6, 6.07) is 13.0. The molecule has 2 aromatic rings. The molecule has 1 fully saturated rings. The highest BCUT2D eigenvalue weighted by molar-refractivity contribution is 6.30. The molecule has 2 nitrogen and oxygen atoms in total. The minimum absolute atomic E-state index is 0.270. The molecule has 0 amide bonds. The lowest BCUT2D eigenvalue weighted by Crippen LogP contribution is -2.19. The van der Waals surface area contributed by atoms with Crippen LogP contribution in [0.25, 0.3) is 0 Å². The molecule has 0 spiro atoms. The highest BCUT2D eigenvalue weighted by atomic mass is 35.5. The zero-order chi connectivity index (χ0) is 14.7. The molecule has 1 heterocycles. The molecule has 0 radical (unpaired) electrons. The van der Waals surface area contributed by atoms with E-state index in [0.29, 0.717) is 17.1 Å². The van der Waals surface area contributed by atoms with Crippen LogP contribution in [-0.4, -0.2) is 13.1 Å². The van der Waals surface area contributed by atoms with Crippen molar-refractivity contribution in [2.75, 3.05) is 23.3 Å². The number of hydrogen-bond donors (Lipinski definition) is 1. The Balaban J connectivity index is 1.75. The van der Waals surface area contributed by atoms with E-state index in [1.54, 1.807) is 12.1 Å². The van der Waals surface area contributed by atoms with Gasteiger partial charge >= 0.3 is 0 Å². The fourth-order valence-corrected chi connectivity index (χ4v) is 2.87. The van der Waals surface area contributed by atoms with Gasteiger partial charge in [-0.05, 0) is 37.1 Å². The normalized spacial score (nSPS) is 14.5. The molecular weight excluding hydrogens is 287 g/mol. The second-order valence-electron chi connectivity index (χ2n) is 5.30. The molecule has 1 aliphatic rings. The maximum Gasteiger partial charge on any atom is 0.129 e. The molecule has 0 aromatic heterocycles. The molecule has 1 saturated heterocycles. The first-order chi connectivity index (χ1) is 10.2. The molecule has 3 rings (SSSR count). The van der Waals surface area contributed by atoms with Gasteiger partial charge in [-0.15, -0.1) is 0 Å². The van der Waals surface area contributed by atoms with E-state index in [2.05, 4.69) is 16.3 Å². The van der Waals surface area contributed by atoms with Crippen LogP contribution in [0.5, 0.6) is 0 Å². The number of nitrogens with one attached hydrogen (secondary N) is 1. The quantitative estimate of drug-likeness (QED) is 0.881. The Hall–Kier alpha value is -1.74. The van der Waals surface area contributed by atoms with Gasteiger partial charge in [0.05, 0.1) is 11.4 Å². The Morgan fingerprint density at radius 3 is 2.62 bits per heavy atom. The van der Waals surface area contributed by atoms with Crippen LogP contribution in [0.1, 0.15) is 18.4 Å². The van der Waals surface area contributed by atoms with Gasteiger partial charge in [0.1, 0.15) is 5.82 Å². The minimum Gasteiger partial charge on any atom is -0.379 e. The second-order valence-corrected chi connectivity index (χ2v) is 5.74. The second kappa shape index (κ2) is 6.35. The van der Waals surface area contributed by atoms with Crippen molar-refractivity contribution in [1.82, 2.24) is 0 Å². The van der Waals surface area contributed by atoms with Crippen LogP contribution in [0.15, 0.2) is 42.5 Å². The monoisotopic (exact) mass is 304 g/mol. The van der Waals surface area contributed by atoms with Crippen molar-refractivity contribution < 1.29 is 4.39 Å². The van der Waals surface area contributed by atoms with Crippen molar-refractivity contribution in [1.29, 1.82) is 0 Å². The molecular formula is C17H18ClFN2. The number of benzene rings is 2. The SMILES string of the molecule is Fc1cc(Cl)ccc1CNc1ccccc1N1CCCC1. The third kappa shape index (κ3) is 3.30. The number of hydrogen-bond acceptors (Lipinski definition) is 2. The zero-order valence-corrected chi connectivity index (χ0v) is 12.5. The fourth-order valence-electron chi connectivity index (χ4n) is 2.71. The highest BCUT2D eigenvalue weighted by Crippen LogP contribution is 2.29. The summed E-state index contributed by atoms with van der Waals surface area (Å²) in [4.78, 5) is 2.38. The smallest absolute Gasteiger partial charge is 0.129 e. The first kappa shape index (κ1) is 14.2. The van der Waals surface area contributed by atoms with Gasteiger partial charge in [-0.25, -0.2) is 4.39 Å². The molecule has 110 valence electrons. The van der Waals surface area contributed by atoms with Crippen molar-refractivity contribution >= 4 is 23.0 Å². The van der Waals surface area contributed by atoms with E-state index in [1.807, 2.05) is 18.2 Å². The van der Waals surface area contributed by atoms with Crippen molar-refractivity contribution in [2.24, 2.45) is 0 Å². The van der Waals surface area contributed by atoms with Crippen LogP contribution in [0.4, 0.5) is 15.8 Å². The lowest BCUT2D eigenvalue weighted by atomic mass is 10.2. The predicted molar refractivity (Wildman–Crippen MR) is 86.6 cm³/mol. The van der Waals surface area contributed by atoms with Gasteiger partial charge < -0.3 is 10.2 Å². The van der Waals surface area contributed by atoms with Gasteiger partial charge in [-0.2, -0.15) is 0 Å². The van der Waals surface area contributed by atoms with E-state index in [9.17, 15) is 4.39 Å². The van der Waals surface area contributed by atoms with E-state index in [4.69, 9.17) is 11.6 Å². The zero-order valence-electron chi connectivity index (χ0n) is 11.8.